The molecule has 2 atom stereocenters. The molecule has 3 rings (SSSR count). The molecule has 2 heterocycles. The van der Waals surface area contributed by atoms with Gasteiger partial charge in [-0.2, -0.15) is 11.8 Å². The number of hydrogen-bond acceptors (Lipinski definition) is 14. The van der Waals surface area contributed by atoms with Gasteiger partial charge in [0.05, 0.1) is 95.2 Å². The molecule has 2 aliphatic heterocycles. The third kappa shape index (κ3) is 19.1. The first kappa shape index (κ1) is 43.7. The van der Waals surface area contributed by atoms with Crippen LogP contribution in [0.25, 0.3) is 0 Å². The lowest BCUT2D eigenvalue weighted by Crippen LogP contribution is -2.31. The Labute approximate surface area is 303 Å². The van der Waals surface area contributed by atoms with Gasteiger partial charge in [-0.1, -0.05) is 13.3 Å². The van der Waals surface area contributed by atoms with Crippen LogP contribution in [0.1, 0.15) is 31.7 Å². The summed E-state index contributed by atoms with van der Waals surface area (Å²) in [6.07, 6.45) is 2.36. The van der Waals surface area contributed by atoms with Gasteiger partial charge in [0, 0.05) is 37.6 Å². The summed E-state index contributed by atoms with van der Waals surface area (Å²) >= 11 is 1.89. The van der Waals surface area contributed by atoms with Crippen molar-refractivity contribution in [2.24, 2.45) is 5.73 Å². The van der Waals surface area contributed by atoms with Crippen LogP contribution in [0.4, 0.5) is 10.5 Å². The van der Waals surface area contributed by atoms with Gasteiger partial charge < -0.3 is 60.2 Å². The summed E-state index contributed by atoms with van der Waals surface area (Å²) in [6.45, 7) is 5.75. The van der Waals surface area contributed by atoms with E-state index in [1.54, 1.807) is 0 Å². The second-order valence-electron chi connectivity index (χ2n) is 11.1. The van der Waals surface area contributed by atoms with Crippen molar-refractivity contribution >= 4 is 35.3 Å². The minimum atomic E-state index is -0.556. The van der Waals surface area contributed by atoms with Gasteiger partial charge in [-0.3, -0.25) is 19.7 Å². The van der Waals surface area contributed by atoms with Gasteiger partial charge in [-0.05, 0) is 12.5 Å². The average Bonchev–Trinajstić information content (AvgIpc) is 3.70. The van der Waals surface area contributed by atoms with E-state index in [1.807, 2.05) is 18.7 Å². The normalized spacial score (nSPS) is 15.9. The average molecular weight is 747 g/mol. The Hall–Kier alpha value is -3.46. The number of rotatable bonds is 27. The summed E-state index contributed by atoms with van der Waals surface area (Å²) in [4.78, 5) is 45.2. The van der Waals surface area contributed by atoms with E-state index >= 15 is 0 Å². The van der Waals surface area contributed by atoms with Gasteiger partial charge >= 0.3 is 6.03 Å². The summed E-state index contributed by atoms with van der Waals surface area (Å²) in [5.74, 6) is 2.24. The molecule has 19 heteroatoms. The Bertz CT molecular complexity index is 1170. The molecule has 1 aromatic rings. The SMILES string of the molecule is CCCCC(=O)NCCOCCOCCOc1cc([N+](=O)[O-])c(COCC(=O)NCCOCCOCCN)cc1OC.O=C1NC2CSCC2N1. The Morgan fingerprint density at radius 1 is 0.882 bits per heavy atom. The first-order valence-corrected chi connectivity index (χ1v) is 18.2. The molecule has 1 aromatic carbocycles. The number of nitrogens with two attached hydrogens (primary N) is 1. The van der Waals surface area contributed by atoms with Crippen molar-refractivity contribution in [2.45, 2.75) is 44.9 Å². The van der Waals surface area contributed by atoms with Crippen molar-refractivity contribution in [3.63, 3.8) is 0 Å². The molecule has 4 amide bonds. The van der Waals surface area contributed by atoms with E-state index in [0.717, 1.165) is 24.3 Å². The van der Waals surface area contributed by atoms with Crippen LogP contribution in [0, 0.1) is 10.1 Å². The smallest absolute Gasteiger partial charge is 0.315 e. The number of unbranched alkanes of at least 4 members (excludes halogenated alkanes) is 1. The Morgan fingerprint density at radius 3 is 2.06 bits per heavy atom. The van der Waals surface area contributed by atoms with Crippen LogP contribution in [0.3, 0.4) is 0 Å². The second-order valence-corrected chi connectivity index (χ2v) is 12.2. The number of carbonyl (C=O) groups excluding carboxylic acids is 3. The Balaban J connectivity index is 0.000000850. The third-order valence-electron chi connectivity index (χ3n) is 7.15. The fourth-order valence-electron chi connectivity index (χ4n) is 4.56. The molecule has 0 aliphatic carbocycles. The number of nitro benzene ring substituents is 1. The summed E-state index contributed by atoms with van der Waals surface area (Å²) < 4.78 is 37.7. The number of nitro groups is 1. The van der Waals surface area contributed by atoms with Gasteiger partial charge in [0.1, 0.15) is 13.2 Å². The van der Waals surface area contributed by atoms with E-state index in [-0.39, 0.29) is 73.6 Å². The van der Waals surface area contributed by atoms with Crippen LogP contribution in [-0.2, 0) is 39.9 Å². The van der Waals surface area contributed by atoms with E-state index in [2.05, 4.69) is 21.3 Å². The molecule has 0 radical (unpaired) electrons. The van der Waals surface area contributed by atoms with Crippen LogP contribution in [0.15, 0.2) is 12.1 Å². The van der Waals surface area contributed by atoms with Crippen LogP contribution < -0.4 is 36.5 Å². The number of benzene rings is 1. The molecule has 0 saturated carbocycles. The van der Waals surface area contributed by atoms with E-state index in [4.69, 9.17) is 38.9 Å². The minimum absolute atomic E-state index is 0.00491. The Kier molecular flexibility index (Phi) is 23.3. The van der Waals surface area contributed by atoms with Crippen molar-refractivity contribution in [3.8, 4) is 11.5 Å². The van der Waals surface area contributed by atoms with Gasteiger partial charge in [0.15, 0.2) is 11.5 Å². The molecule has 2 unspecified atom stereocenters. The fourth-order valence-corrected chi connectivity index (χ4v) is 5.84. The highest BCUT2D eigenvalue weighted by molar-refractivity contribution is 7.99. The molecule has 0 bridgehead atoms. The number of nitrogens with one attached hydrogen (secondary N) is 4. The number of amides is 4. The number of nitrogens with zero attached hydrogens (tertiary/aromatic N) is 1. The van der Waals surface area contributed by atoms with Gasteiger partial charge in [-0.15, -0.1) is 0 Å². The van der Waals surface area contributed by atoms with Crippen molar-refractivity contribution in [2.75, 3.05) is 104 Å². The lowest BCUT2D eigenvalue weighted by molar-refractivity contribution is -0.386. The highest BCUT2D eigenvalue weighted by Crippen LogP contribution is 2.35. The molecule has 290 valence electrons. The molecular weight excluding hydrogens is 692 g/mol. The van der Waals surface area contributed by atoms with E-state index < -0.39 is 4.92 Å². The number of fused-ring (bicyclic) bond motifs is 1. The predicted octanol–water partition coefficient (Wildman–Crippen LogP) is 0.730. The maximum absolute atomic E-state index is 12.0. The molecular formula is C32H54N6O12S. The maximum Gasteiger partial charge on any atom is 0.315 e. The topological polar surface area (TPSA) is 233 Å². The largest absolute Gasteiger partial charge is 0.493 e. The zero-order chi connectivity index (χ0) is 37.1. The zero-order valence-electron chi connectivity index (χ0n) is 29.6. The Morgan fingerprint density at radius 2 is 1.47 bits per heavy atom. The van der Waals surface area contributed by atoms with Gasteiger partial charge in [0.25, 0.3) is 5.69 Å². The highest BCUT2D eigenvalue weighted by atomic mass is 32.2. The first-order chi connectivity index (χ1) is 24.8. The van der Waals surface area contributed by atoms with Gasteiger partial charge in [-0.25, -0.2) is 4.79 Å². The van der Waals surface area contributed by atoms with Crippen LogP contribution >= 0.6 is 11.8 Å². The third-order valence-corrected chi connectivity index (χ3v) is 8.34. The molecule has 18 nitrogen and oxygen atoms in total. The molecule has 51 heavy (non-hydrogen) atoms. The number of hydrogen-bond donors (Lipinski definition) is 5. The second kappa shape index (κ2) is 27.2. The molecule has 2 fully saturated rings. The lowest BCUT2D eigenvalue weighted by atomic mass is 10.1. The van der Waals surface area contributed by atoms with Crippen molar-refractivity contribution in [1.82, 2.24) is 21.3 Å². The van der Waals surface area contributed by atoms with Crippen LogP contribution in [0.5, 0.6) is 11.5 Å². The number of thioether (sulfide) groups is 1. The summed E-state index contributed by atoms with van der Waals surface area (Å²) in [5, 5.41) is 22.8. The molecule has 0 aromatic heterocycles. The summed E-state index contributed by atoms with van der Waals surface area (Å²) in [7, 11) is 1.42. The number of carbonyl (C=O) groups is 3. The fraction of sp³-hybridized carbons (Fsp3) is 0.719. The van der Waals surface area contributed by atoms with Crippen LogP contribution in [0.2, 0.25) is 0 Å². The summed E-state index contributed by atoms with van der Waals surface area (Å²) in [5.41, 5.74) is 5.32. The number of methoxy groups -OCH3 is 1. The number of ether oxygens (including phenoxy) is 7. The molecule has 2 aliphatic rings. The number of urea groups is 1. The summed E-state index contributed by atoms with van der Waals surface area (Å²) in [6, 6.07) is 3.52. The van der Waals surface area contributed by atoms with Crippen LogP contribution in [-0.4, -0.2) is 139 Å². The lowest BCUT2D eigenvalue weighted by Gasteiger charge is -2.13. The first-order valence-electron chi connectivity index (χ1n) is 17.0. The minimum Gasteiger partial charge on any atom is -0.493 e. The van der Waals surface area contributed by atoms with Crippen molar-refractivity contribution in [1.29, 1.82) is 0 Å². The molecule has 6 N–H and O–H groups in total. The zero-order valence-corrected chi connectivity index (χ0v) is 30.4. The van der Waals surface area contributed by atoms with E-state index in [1.165, 1.54) is 19.2 Å². The van der Waals surface area contributed by atoms with E-state index in [9.17, 15) is 24.5 Å². The standard InChI is InChI=1S/C27H46N4O11.C5H8N2OS/c1-3-4-5-26(32)29-7-10-38-14-15-40-16-17-42-25-19-23(31(34)35)22(18-24(25)36-2)20-41-21-27(33)30-8-11-39-13-12-37-9-6-28;8-5-6-3-1-9-2-4(3)7-5/h18-19H,3-17,20-21,28H2,1-2H3,(H,29,32)(H,30,33);3-4H,1-2H2,(H2,6,7,8). The predicted molar refractivity (Wildman–Crippen MR) is 189 cm³/mol. The quantitative estimate of drug-likeness (QED) is 0.0362. The highest BCUT2D eigenvalue weighted by Gasteiger charge is 2.35. The van der Waals surface area contributed by atoms with E-state index in [0.29, 0.717) is 77.8 Å². The molecule has 2 saturated heterocycles. The monoisotopic (exact) mass is 746 g/mol. The molecule has 0 spiro atoms. The van der Waals surface area contributed by atoms with Crippen molar-refractivity contribution < 1.29 is 52.5 Å². The maximum atomic E-state index is 12.0. The van der Waals surface area contributed by atoms with Crippen molar-refractivity contribution in [3.05, 3.63) is 27.8 Å². The van der Waals surface area contributed by atoms with Gasteiger partial charge in [0.2, 0.25) is 11.8 Å².